The summed E-state index contributed by atoms with van der Waals surface area (Å²) >= 11 is 1.07. The van der Waals surface area contributed by atoms with E-state index in [9.17, 15) is 10.0 Å². The number of hydrogen-bond donors (Lipinski definition) is 4. The van der Waals surface area contributed by atoms with Gasteiger partial charge in [0.2, 0.25) is 0 Å². The normalized spacial score (nSPS) is 10.5. The largest absolute Gasteiger partial charge is 0.457 e. The number of aromatic nitrogens is 1. The second-order valence-electron chi connectivity index (χ2n) is 6.69. The topological polar surface area (TPSA) is 101 Å². The Morgan fingerprint density at radius 3 is 2.26 bits per heavy atom. The lowest BCUT2D eigenvalue weighted by Gasteiger charge is -2.17. The zero-order valence-corrected chi connectivity index (χ0v) is 17.2. The van der Waals surface area contributed by atoms with Gasteiger partial charge in [-0.15, -0.1) is 0 Å². The van der Waals surface area contributed by atoms with Crippen molar-refractivity contribution in [3.05, 3.63) is 106 Å². The predicted octanol–water partition coefficient (Wildman–Crippen LogP) is 5.19. The molecular formula is C23H20N4O3S. The minimum atomic E-state index is -0.436. The van der Waals surface area contributed by atoms with Gasteiger partial charge in [0.15, 0.2) is 5.84 Å². The van der Waals surface area contributed by atoms with E-state index in [-0.39, 0.29) is 17.9 Å². The maximum absolute atomic E-state index is 12.3. The average Bonchev–Trinajstić information content (AvgIpc) is 3.15. The van der Waals surface area contributed by atoms with Crippen LogP contribution in [0.3, 0.4) is 0 Å². The van der Waals surface area contributed by atoms with Crippen LogP contribution in [0.4, 0.5) is 10.7 Å². The smallest absolute Gasteiger partial charge is 0.271 e. The van der Waals surface area contributed by atoms with Crippen LogP contribution >= 0.6 is 11.5 Å². The Balaban J connectivity index is 1.47. The van der Waals surface area contributed by atoms with Crippen LogP contribution in [-0.4, -0.2) is 20.5 Å². The third kappa shape index (κ3) is 5.00. The first-order valence-electron chi connectivity index (χ1n) is 9.51. The molecule has 0 saturated heterocycles. The molecule has 0 saturated carbocycles. The van der Waals surface area contributed by atoms with Gasteiger partial charge in [0.1, 0.15) is 22.1 Å². The minimum absolute atomic E-state index is 0.0769. The van der Waals surface area contributed by atoms with Crippen molar-refractivity contribution in [3.8, 4) is 11.5 Å². The molecule has 1 heterocycles. The number of nitrogens with zero attached hydrogens (tertiary/aromatic N) is 1. The van der Waals surface area contributed by atoms with Gasteiger partial charge in [-0.1, -0.05) is 48.5 Å². The van der Waals surface area contributed by atoms with Crippen LogP contribution in [0.15, 0.2) is 89.7 Å². The Morgan fingerprint density at radius 2 is 1.58 bits per heavy atom. The van der Waals surface area contributed by atoms with Gasteiger partial charge < -0.3 is 10.1 Å². The van der Waals surface area contributed by atoms with Gasteiger partial charge in [0, 0.05) is 5.69 Å². The molecular weight excluding hydrogens is 412 g/mol. The Hall–Kier alpha value is -3.88. The SMILES string of the molecule is N=C(c1c(Nc2ccc(Oc3ccccc3)cc2)s[nH]c1=O)N(O)Cc1ccccc1. The zero-order valence-electron chi connectivity index (χ0n) is 16.4. The van der Waals surface area contributed by atoms with Gasteiger partial charge in [0.25, 0.3) is 5.56 Å². The van der Waals surface area contributed by atoms with Crippen LogP contribution < -0.4 is 15.6 Å². The van der Waals surface area contributed by atoms with Crippen molar-refractivity contribution in [1.29, 1.82) is 5.41 Å². The van der Waals surface area contributed by atoms with Crippen molar-refractivity contribution in [2.75, 3.05) is 5.32 Å². The predicted molar refractivity (Wildman–Crippen MR) is 122 cm³/mol. The lowest BCUT2D eigenvalue weighted by atomic mass is 10.2. The Bertz CT molecular complexity index is 1210. The summed E-state index contributed by atoms with van der Waals surface area (Å²) in [5, 5.41) is 23.0. The molecule has 4 N–H and O–H groups in total. The molecule has 0 amide bonds. The molecule has 0 bridgehead atoms. The van der Waals surface area contributed by atoms with Crippen molar-refractivity contribution >= 4 is 28.1 Å². The molecule has 4 aromatic rings. The van der Waals surface area contributed by atoms with E-state index in [0.29, 0.717) is 10.8 Å². The zero-order chi connectivity index (χ0) is 21.6. The van der Waals surface area contributed by atoms with E-state index >= 15 is 0 Å². The van der Waals surface area contributed by atoms with Gasteiger partial charge in [-0.25, -0.2) is 5.06 Å². The molecule has 0 aliphatic heterocycles. The standard InChI is InChI=1S/C23H20N4O3S/c24-21(27(29)15-16-7-3-1-4-8-16)20-22(28)26-31-23(20)25-17-11-13-19(14-12-17)30-18-9-5-2-6-10-18/h1-14,24-25,29H,15H2,(H,26,28). The Labute approximate surface area is 182 Å². The number of benzene rings is 3. The average molecular weight is 433 g/mol. The summed E-state index contributed by atoms with van der Waals surface area (Å²) < 4.78 is 8.40. The van der Waals surface area contributed by atoms with Gasteiger partial charge >= 0.3 is 0 Å². The third-order valence-electron chi connectivity index (χ3n) is 4.46. The summed E-state index contributed by atoms with van der Waals surface area (Å²) in [5.74, 6) is 1.14. The van der Waals surface area contributed by atoms with Crippen LogP contribution in [0, 0.1) is 5.41 Å². The molecule has 0 unspecified atom stereocenters. The summed E-state index contributed by atoms with van der Waals surface area (Å²) in [5.41, 5.74) is 1.18. The molecule has 3 aromatic carbocycles. The number of amidine groups is 1. The van der Waals surface area contributed by atoms with E-state index in [1.54, 1.807) is 0 Å². The van der Waals surface area contributed by atoms with Crippen molar-refractivity contribution in [2.24, 2.45) is 0 Å². The van der Waals surface area contributed by atoms with Gasteiger partial charge in [-0.2, -0.15) is 0 Å². The molecule has 0 spiro atoms. The van der Waals surface area contributed by atoms with E-state index in [1.807, 2.05) is 84.9 Å². The first-order valence-corrected chi connectivity index (χ1v) is 10.3. The number of H-pyrrole nitrogens is 1. The monoisotopic (exact) mass is 432 g/mol. The third-order valence-corrected chi connectivity index (χ3v) is 5.26. The fourth-order valence-electron chi connectivity index (χ4n) is 2.93. The van der Waals surface area contributed by atoms with E-state index < -0.39 is 5.56 Å². The summed E-state index contributed by atoms with van der Waals surface area (Å²) in [6.45, 7) is 0.0971. The summed E-state index contributed by atoms with van der Waals surface area (Å²) in [7, 11) is 0. The first-order chi connectivity index (χ1) is 15.1. The van der Waals surface area contributed by atoms with Crippen LogP contribution in [0.1, 0.15) is 11.1 Å². The quantitative estimate of drug-likeness (QED) is 0.183. The number of para-hydroxylation sites is 1. The molecule has 0 aliphatic rings. The molecule has 0 fully saturated rings. The molecule has 1 aromatic heterocycles. The molecule has 0 atom stereocenters. The highest BCUT2D eigenvalue weighted by molar-refractivity contribution is 7.10. The van der Waals surface area contributed by atoms with Gasteiger partial charge in [0.05, 0.1) is 6.54 Å². The fourth-order valence-corrected chi connectivity index (χ4v) is 3.69. The van der Waals surface area contributed by atoms with Crippen molar-refractivity contribution in [2.45, 2.75) is 6.54 Å². The number of rotatable bonds is 7. The van der Waals surface area contributed by atoms with E-state index in [4.69, 9.17) is 10.1 Å². The first kappa shape index (κ1) is 20.4. The summed E-state index contributed by atoms with van der Waals surface area (Å²) in [6.07, 6.45) is 0. The second-order valence-corrected chi connectivity index (χ2v) is 7.51. The van der Waals surface area contributed by atoms with Crippen molar-refractivity contribution < 1.29 is 9.94 Å². The number of ether oxygens (including phenoxy) is 1. The molecule has 0 aliphatic carbocycles. The Kier molecular flexibility index (Phi) is 6.11. The van der Waals surface area contributed by atoms with E-state index in [2.05, 4.69) is 9.69 Å². The molecule has 8 heteroatoms. The van der Waals surface area contributed by atoms with Crippen LogP contribution in [0.2, 0.25) is 0 Å². The van der Waals surface area contributed by atoms with E-state index in [0.717, 1.165) is 33.6 Å². The summed E-state index contributed by atoms with van der Waals surface area (Å²) in [4.78, 5) is 12.3. The van der Waals surface area contributed by atoms with Gasteiger partial charge in [-0.3, -0.25) is 19.8 Å². The molecule has 156 valence electrons. The second kappa shape index (κ2) is 9.29. The number of hydrogen-bond acceptors (Lipinski definition) is 6. The number of anilines is 2. The van der Waals surface area contributed by atoms with E-state index in [1.165, 1.54) is 0 Å². The molecule has 31 heavy (non-hydrogen) atoms. The van der Waals surface area contributed by atoms with Crippen molar-refractivity contribution in [3.63, 3.8) is 0 Å². The minimum Gasteiger partial charge on any atom is -0.457 e. The number of aromatic amines is 1. The van der Waals surface area contributed by atoms with Crippen LogP contribution in [0.25, 0.3) is 0 Å². The number of nitrogens with one attached hydrogen (secondary N) is 3. The maximum Gasteiger partial charge on any atom is 0.271 e. The van der Waals surface area contributed by atoms with Crippen molar-refractivity contribution in [1.82, 2.24) is 9.44 Å². The number of hydroxylamine groups is 2. The highest BCUT2D eigenvalue weighted by Gasteiger charge is 2.20. The Morgan fingerprint density at radius 1 is 0.968 bits per heavy atom. The molecule has 7 nitrogen and oxygen atoms in total. The fraction of sp³-hybridized carbons (Fsp3) is 0.0435. The van der Waals surface area contributed by atoms with Gasteiger partial charge in [-0.05, 0) is 53.5 Å². The van der Waals surface area contributed by atoms with Crippen LogP contribution in [-0.2, 0) is 6.54 Å². The summed E-state index contributed by atoms with van der Waals surface area (Å²) in [6, 6.07) is 26.0. The molecule has 0 radical (unpaired) electrons. The lowest BCUT2D eigenvalue weighted by molar-refractivity contribution is -0.0230. The maximum atomic E-state index is 12.3. The lowest BCUT2D eigenvalue weighted by Crippen LogP contribution is -2.30. The highest BCUT2D eigenvalue weighted by atomic mass is 32.1. The van der Waals surface area contributed by atoms with Crippen LogP contribution in [0.5, 0.6) is 11.5 Å². The molecule has 4 rings (SSSR count). The highest BCUT2D eigenvalue weighted by Crippen LogP contribution is 2.27.